The average Bonchev–Trinajstić information content (AvgIpc) is 2.87. The molecule has 0 aromatic heterocycles. The summed E-state index contributed by atoms with van der Waals surface area (Å²) in [4.78, 5) is 0. The lowest BCUT2D eigenvalue weighted by atomic mass is 9.74. The normalized spacial score (nSPS) is 25.1. The number of halogens is 5. The van der Waals surface area contributed by atoms with Crippen LogP contribution in [-0.4, -0.2) is 0 Å². The van der Waals surface area contributed by atoms with Crippen LogP contribution in [0.4, 0.5) is 22.0 Å². The minimum atomic E-state index is -3.80. The van der Waals surface area contributed by atoms with Gasteiger partial charge in [-0.15, -0.1) is 0 Å². The summed E-state index contributed by atoms with van der Waals surface area (Å²) < 4.78 is 73.4. The van der Waals surface area contributed by atoms with Crippen LogP contribution in [0.1, 0.15) is 101 Å². The van der Waals surface area contributed by atoms with Crippen LogP contribution in [0, 0.1) is 35.2 Å². The van der Waals surface area contributed by atoms with Gasteiger partial charge in [0.15, 0.2) is 17.5 Å². The standard InChI is InChI=1S/C30H37F5O/c1-2-3-20-4-6-21(7-5-20)8-9-22-10-12-23(13-11-22)24-14-16-25(17-15-24)30(34,35)36-26-18-27(31)29(33)28(32)19-26/h14-23H,2-13H2,1H3. The van der Waals surface area contributed by atoms with Crippen LogP contribution in [0.3, 0.4) is 0 Å². The average molecular weight is 509 g/mol. The second-order valence-electron chi connectivity index (χ2n) is 10.9. The fourth-order valence-electron chi connectivity index (χ4n) is 6.22. The Morgan fingerprint density at radius 3 is 1.69 bits per heavy atom. The van der Waals surface area contributed by atoms with Gasteiger partial charge in [-0.25, -0.2) is 13.2 Å². The molecule has 2 fully saturated rings. The largest absolute Gasteiger partial charge is 0.429 e. The van der Waals surface area contributed by atoms with E-state index in [9.17, 15) is 22.0 Å². The number of hydrogen-bond donors (Lipinski definition) is 0. The van der Waals surface area contributed by atoms with Crippen molar-refractivity contribution < 1.29 is 26.7 Å². The monoisotopic (exact) mass is 508 g/mol. The minimum absolute atomic E-state index is 0.356. The molecule has 198 valence electrons. The van der Waals surface area contributed by atoms with Gasteiger partial charge in [0.2, 0.25) is 0 Å². The van der Waals surface area contributed by atoms with Crippen molar-refractivity contribution in [1.82, 2.24) is 0 Å². The van der Waals surface area contributed by atoms with E-state index in [1.165, 1.54) is 76.3 Å². The molecule has 0 aliphatic heterocycles. The van der Waals surface area contributed by atoms with Crippen molar-refractivity contribution in [2.75, 3.05) is 0 Å². The molecule has 6 heteroatoms. The number of ether oxygens (including phenoxy) is 1. The summed E-state index contributed by atoms with van der Waals surface area (Å²) in [6, 6.07) is 6.81. The van der Waals surface area contributed by atoms with E-state index >= 15 is 0 Å². The Kier molecular flexibility index (Phi) is 8.95. The predicted molar refractivity (Wildman–Crippen MR) is 132 cm³/mol. The van der Waals surface area contributed by atoms with Gasteiger partial charge in [-0.2, -0.15) is 8.78 Å². The van der Waals surface area contributed by atoms with E-state index in [1.54, 1.807) is 12.1 Å². The SMILES string of the molecule is CCCC1CCC(CCC2CCC(c3ccc(C(F)(F)Oc4cc(F)c(F)c(F)c4)cc3)CC2)CC1. The van der Waals surface area contributed by atoms with Gasteiger partial charge < -0.3 is 4.74 Å². The Morgan fingerprint density at radius 2 is 1.19 bits per heavy atom. The van der Waals surface area contributed by atoms with Crippen molar-refractivity contribution in [3.8, 4) is 5.75 Å². The van der Waals surface area contributed by atoms with Crippen molar-refractivity contribution in [3.63, 3.8) is 0 Å². The Balaban J connectivity index is 1.25. The molecule has 0 spiro atoms. The van der Waals surface area contributed by atoms with Crippen LogP contribution >= 0.6 is 0 Å². The zero-order valence-corrected chi connectivity index (χ0v) is 21.1. The Morgan fingerprint density at radius 1 is 0.722 bits per heavy atom. The molecule has 2 aliphatic carbocycles. The third-order valence-electron chi connectivity index (χ3n) is 8.41. The molecule has 0 N–H and O–H groups in total. The molecule has 2 aromatic carbocycles. The molecule has 0 radical (unpaired) electrons. The first-order valence-electron chi connectivity index (χ1n) is 13.6. The first kappa shape index (κ1) is 26.9. The number of benzene rings is 2. The number of hydrogen-bond acceptors (Lipinski definition) is 1. The van der Waals surface area contributed by atoms with E-state index in [-0.39, 0.29) is 0 Å². The molecule has 0 unspecified atom stereocenters. The van der Waals surface area contributed by atoms with Crippen molar-refractivity contribution in [2.24, 2.45) is 17.8 Å². The quantitative estimate of drug-likeness (QED) is 0.242. The van der Waals surface area contributed by atoms with Crippen molar-refractivity contribution in [2.45, 2.75) is 96.0 Å². The maximum absolute atomic E-state index is 14.6. The van der Waals surface area contributed by atoms with Crippen molar-refractivity contribution >= 4 is 0 Å². The van der Waals surface area contributed by atoms with Crippen molar-refractivity contribution in [1.29, 1.82) is 0 Å². The first-order valence-corrected chi connectivity index (χ1v) is 13.6. The lowest BCUT2D eigenvalue weighted by molar-refractivity contribution is -0.185. The lowest BCUT2D eigenvalue weighted by Crippen LogP contribution is -2.22. The highest BCUT2D eigenvalue weighted by Crippen LogP contribution is 2.41. The second-order valence-corrected chi connectivity index (χ2v) is 10.9. The van der Waals surface area contributed by atoms with Crippen LogP contribution in [-0.2, 0) is 6.11 Å². The molecular weight excluding hydrogens is 471 g/mol. The highest BCUT2D eigenvalue weighted by molar-refractivity contribution is 5.30. The van der Waals surface area contributed by atoms with Crippen LogP contribution in [0.5, 0.6) is 5.75 Å². The summed E-state index contributed by atoms with van der Waals surface area (Å²) in [5.41, 5.74) is 0.611. The van der Waals surface area contributed by atoms with Crippen molar-refractivity contribution in [3.05, 3.63) is 65.0 Å². The molecule has 4 rings (SSSR count). The topological polar surface area (TPSA) is 9.23 Å². The van der Waals surface area contributed by atoms with Gasteiger partial charge in [0.05, 0.1) is 5.56 Å². The fourth-order valence-corrected chi connectivity index (χ4v) is 6.22. The summed E-state index contributed by atoms with van der Waals surface area (Å²) in [5, 5.41) is 0. The Hall–Kier alpha value is -2.11. The lowest BCUT2D eigenvalue weighted by Gasteiger charge is -2.32. The van der Waals surface area contributed by atoms with Crippen LogP contribution < -0.4 is 4.74 Å². The van der Waals surface area contributed by atoms with Gasteiger partial charge in [0.1, 0.15) is 5.75 Å². The predicted octanol–water partition coefficient (Wildman–Crippen LogP) is 9.89. The molecule has 0 heterocycles. The summed E-state index contributed by atoms with van der Waals surface area (Å²) in [5.74, 6) is -2.68. The third-order valence-corrected chi connectivity index (χ3v) is 8.41. The molecule has 1 nitrogen and oxygen atoms in total. The summed E-state index contributed by atoms with van der Waals surface area (Å²) in [6.45, 7) is 2.28. The molecule has 36 heavy (non-hydrogen) atoms. The first-order chi connectivity index (χ1) is 17.2. The zero-order valence-electron chi connectivity index (χ0n) is 21.1. The number of rotatable bonds is 9. The van der Waals surface area contributed by atoms with E-state index in [1.807, 2.05) is 0 Å². The van der Waals surface area contributed by atoms with Gasteiger partial charge in [0, 0.05) is 12.1 Å². The molecule has 2 aromatic rings. The molecule has 2 aliphatic rings. The van der Waals surface area contributed by atoms with E-state index in [2.05, 4.69) is 11.7 Å². The molecule has 0 bridgehead atoms. The highest BCUT2D eigenvalue weighted by atomic mass is 19.3. The zero-order chi connectivity index (χ0) is 25.7. The van der Waals surface area contributed by atoms with E-state index in [0.717, 1.165) is 36.2 Å². The van der Waals surface area contributed by atoms with E-state index < -0.39 is 34.9 Å². The molecular formula is C30H37F5O. The van der Waals surface area contributed by atoms with Gasteiger partial charge >= 0.3 is 6.11 Å². The molecule has 0 amide bonds. The van der Waals surface area contributed by atoms with Gasteiger partial charge in [0.25, 0.3) is 0 Å². The summed E-state index contributed by atoms with van der Waals surface area (Å²) in [7, 11) is 0. The molecule has 0 saturated heterocycles. The summed E-state index contributed by atoms with van der Waals surface area (Å²) in [6.07, 6.45) is 11.6. The van der Waals surface area contributed by atoms with E-state index in [0.29, 0.717) is 18.1 Å². The minimum Gasteiger partial charge on any atom is -0.429 e. The smallest absolute Gasteiger partial charge is 0.426 e. The second kappa shape index (κ2) is 12.0. The van der Waals surface area contributed by atoms with Gasteiger partial charge in [-0.3, -0.25) is 0 Å². The molecule has 2 saturated carbocycles. The Bertz CT molecular complexity index is 950. The van der Waals surface area contributed by atoms with Crippen LogP contribution in [0.15, 0.2) is 36.4 Å². The summed E-state index contributed by atoms with van der Waals surface area (Å²) >= 11 is 0. The number of alkyl halides is 2. The molecule has 0 atom stereocenters. The maximum atomic E-state index is 14.6. The maximum Gasteiger partial charge on any atom is 0.426 e. The third kappa shape index (κ3) is 6.80. The van der Waals surface area contributed by atoms with Gasteiger partial charge in [-0.1, -0.05) is 70.4 Å². The van der Waals surface area contributed by atoms with E-state index in [4.69, 9.17) is 0 Å². The Labute approximate surface area is 211 Å². The van der Waals surface area contributed by atoms with Crippen LogP contribution in [0.25, 0.3) is 0 Å². The highest BCUT2D eigenvalue weighted by Gasteiger charge is 2.35. The van der Waals surface area contributed by atoms with Gasteiger partial charge in [-0.05, 0) is 67.1 Å². The fraction of sp³-hybridized carbons (Fsp3) is 0.600. The van der Waals surface area contributed by atoms with Crippen LogP contribution in [0.2, 0.25) is 0 Å².